The predicted molar refractivity (Wildman–Crippen MR) is 143 cm³/mol. The van der Waals surface area contributed by atoms with Gasteiger partial charge in [-0.05, 0) is 55.3 Å². The summed E-state index contributed by atoms with van der Waals surface area (Å²) in [5.41, 5.74) is 0.785. The molecule has 2 rings (SSSR count). The first-order chi connectivity index (χ1) is 19.1. The molecule has 11 heteroatoms. The smallest absolute Gasteiger partial charge is 0.492 e. The lowest BCUT2D eigenvalue weighted by Gasteiger charge is -2.22. The molecule has 2 aromatic carbocycles. The summed E-state index contributed by atoms with van der Waals surface area (Å²) < 4.78 is 57.4. The number of unbranched alkanes of at least 4 members (excludes halogenated alkanes) is 5. The molecule has 1 unspecified atom stereocenters. The number of nitrogens with zero attached hydrogens (tertiary/aromatic N) is 1. The number of carbonyl (C=O) groups is 2. The number of carboxylic acids is 1. The molecule has 0 aromatic heterocycles. The van der Waals surface area contributed by atoms with Crippen LogP contribution in [0.4, 0.5) is 18.0 Å². The van der Waals surface area contributed by atoms with Crippen molar-refractivity contribution in [2.45, 2.75) is 71.3 Å². The summed E-state index contributed by atoms with van der Waals surface area (Å²) in [5, 5.41) is 9.26. The molecule has 0 fully saturated rings. The number of hydrogen-bond donors (Lipinski definition) is 1. The first-order valence-electron chi connectivity index (χ1n) is 13.5. The Hall–Kier alpha value is -3.47. The van der Waals surface area contributed by atoms with E-state index in [0.717, 1.165) is 56.2 Å². The van der Waals surface area contributed by atoms with Gasteiger partial charge in [0.25, 0.3) is 0 Å². The number of halogens is 3. The molecule has 0 aliphatic rings. The summed E-state index contributed by atoms with van der Waals surface area (Å²) in [5.74, 6) is -0.784. The third-order valence-electron chi connectivity index (χ3n) is 5.92. The van der Waals surface area contributed by atoms with E-state index in [-0.39, 0.29) is 25.3 Å². The maximum absolute atomic E-state index is 12.9. The van der Waals surface area contributed by atoms with Crippen LogP contribution in [0.15, 0.2) is 48.5 Å². The van der Waals surface area contributed by atoms with Crippen LogP contribution in [0.1, 0.15) is 57.9 Å². The van der Waals surface area contributed by atoms with Crippen LogP contribution in [0.25, 0.3) is 0 Å². The molecule has 0 saturated heterocycles. The van der Waals surface area contributed by atoms with Crippen LogP contribution < -0.4 is 14.2 Å². The molecule has 0 aliphatic heterocycles. The molecule has 0 aliphatic carbocycles. The molecule has 1 atom stereocenters. The van der Waals surface area contributed by atoms with Crippen LogP contribution in [0.2, 0.25) is 0 Å². The second kappa shape index (κ2) is 17.3. The fourth-order valence-corrected chi connectivity index (χ4v) is 3.88. The Morgan fingerprint density at radius 3 is 2.05 bits per heavy atom. The number of carboxylic acid groups (broad SMARTS) is 1. The minimum absolute atomic E-state index is 0.0932. The molecule has 0 spiro atoms. The number of rotatable bonds is 18. The number of alkyl halides is 3. The molecule has 0 heterocycles. The van der Waals surface area contributed by atoms with Gasteiger partial charge in [0, 0.05) is 19.6 Å². The van der Waals surface area contributed by atoms with Crippen molar-refractivity contribution < 1.29 is 46.8 Å². The normalized spacial score (nSPS) is 12.0. The molecule has 0 saturated carbocycles. The lowest BCUT2D eigenvalue weighted by molar-refractivity contribution is -0.274. The van der Waals surface area contributed by atoms with Crippen molar-refractivity contribution in [3.63, 3.8) is 0 Å². The Morgan fingerprint density at radius 2 is 1.45 bits per heavy atom. The van der Waals surface area contributed by atoms with Gasteiger partial charge in [0.2, 0.25) is 0 Å². The molecule has 222 valence electrons. The minimum Gasteiger partial charge on any atom is -0.492 e. The summed E-state index contributed by atoms with van der Waals surface area (Å²) in [6.45, 7) is 5.03. The highest BCUT2D eigenvalue weighted by Gasteiger charge is 2.31. The minimum atomic E-state index is -4.81. The molecule has 8 nitrogen and oxygen atoms in total. The Kier molecular flexibility index (Phi) is 14.1. The van der Waals surface area contributed by atoms with Gasteiger partial charge in [-0.25, -0.2) is 9.59 Å². The summed E-state index contributed by atoms with van der Waals surface area (Å²) >= 11 is 0. The number of ether oxygens (including phenoxy) is 4. The van der Waals surface area contributed by atoms with Gasteiger partial charge < -0.3 is 29.0 Å². The number of carbonyl (C=O) groups excluding carboxylic acids is 1. The summed E-state index contributed by atoms with van der Waals surface area (Å²) in [6.07, 6.45) is 0.0770. The van der Waals surface area contributed by atoms with E-state index in [1.807, 2.05) is 0 Å². The van der Waals surface area contributed by atoms with E-state index >= 15 is 0 Å². The topological polar surface area (TPSA) is 94.5 Å². The van der Waals surface area contributed by atoms with E-state index in [1.54, 1.807) is 31.2 Å². The van der Waals surface area contributed by atoms with E-state index in [2.05, 4.69) is 11.7 Å². The monoisotopic (exact) mass is 569 g/mol. The Bertz CT molecular complexity index is 1010. The Morgan fingerprint density at radius 1 is 0.850 bits per heavy atom. The Labute approximate surface area is 233 Å². The van der Waals surface area contributed by atoms with Crippen LogP contribution >= 0.6 is 0 Å². The zero-order valence-electron chi connectivity index (χ0n) is 23.0. The maximum Gasteiger partial charge on any atom is 0.573 e. The van der Waals surface area contributed by atoms with Gasteiger partial charge in [0.05, 0.1) is 6.54 Å². The standard InChI is InChI=1S/C29H38F3NO7/c1-3-5-6-7-8-9-18-33(28(36)39-24-14-16-25(17-15-24)40-29(30,31)32)19-20-38-23-12-10-22(11-13-23)21-26(27(34)35)37-4-2/h10-17,26H,3-9,18-21H2,1-2H3,(H,34,35). The highest BCUT2D eigenvalue weighted by Crippen LogP contribution is 2.25. The highest BCUT2D eigenvalue weighted by atomic mass is 19.4. The molecule has 0 bridgehead atoms. The van der Waals surface area contributed by atoms with Crippen molar-refractivity contribution in [3.8, 4) is 17.2 Å². The lowest BCUT2D eigenvalue weighted by atomic mass is 10.1. The van der Waals surface area contributed by atoms with Crippen molar-refractivity contribution in [3.05, 3.63) is 54.1 Å². The van der Waals surface area contributed by atoms with Crippen molar-refractivity contribution in [2.75, 3.05) is 26.3 Å². The van der Waals surface area contributed by atoms with Gasteiger partial charge >= 0.3 is 18.4 Å². The van der Waals surface area contributed by atoms with Gasteiger partial charge in [0.15, 0.2) is 6.10 Å². The summed E-state index contributed by atoms with van der Waals surface area (Å²) in [4.78, 5) is 25.7. The van der Waals surface area contributed by atoms with Crippen molar-refractivity contribution in [2.24, 2.45) is 0 Å². The van der Waals surface area contributed by atoms with Crippen LogP contribution in [0.5, 0.6) is 17.2 Å². The van der Waals surface area contributed by atoms with Gasteiger partial charge in [-0.3, -0.25) is 0 Å². The first kappa shape index (κ1) is 32.7. The SMILES string of the molecule is CCCCCCCCN(CCOc1ccc(CC(OCC)C(=O)O)cc1)C(=O)Oc1ccc(OC(F)(F)F)cc1. The molecule has 2 aromatic rings. The zero-order valence-corrected chi connectivity index (χ0v) is 23.0. The number of benzene rings is 2. The average Bonchev–Trinajstić information content (AvgIpc) is 2.90. The maximum atomic E-state index is 12.9. The molecule has 0 radical (unpaired) electrons. The fourth-order valence-electron chi connectivity index (χ4n) is 3.88. The van der Waals surface area contributed by atoms with E-state index < -0.39 is 30.3 Å². The van der Waals surface area contributed by atoms with Gasteiger partial charge in [-0.15, -0.1) is 13.2 Å². The average molecular weight is 570 g/mol. The second-order valence-electron chi connectivity index (χ2n) is 9.12. The van der Waals surface area contributed by atoms with E-state index in [0.29, 0.717) is 18.9 Å². The van der Waals surface area contributed by atoms with Gasteiger partial charge in [0.1, 0.15) is 23.9 Å². The van der Waals surface area contributed by atoms with E-state index in [1.165, 1.54) is 17.0 Å². The summed E-state index contributed by atoms with van der Waals surface area (Å²) in [7, 11) is 0. The zero-order chi connectivity index (χ0) is 29.4. The molecule has 1 amide bonds. The lowest BCUT2D eigenvalue weighted by Crippen LogP contribution is -2.37. The molecule has 40 heavy (non-hydrogen) atoms. The summed E-state index contributed by atoms with van der Waals surface area (Å²) in [6, 6.07) is 11.6. The highest BCUT2D eigenvalue weighted by molar-refractivity contribution is 5.72. The number of amides is 1. The van der Waals surface area contributed by atoms with Crippen LogP contribution in [0.3, 0.4) is 0 Å². The van der Waals surface area contributed by atoms with E-state index in [4.69, 9.17) is 14.2 Å². The number of hydrogen-bond acceptors (Lipinski definition) is 6. The fraction of sp³-hybridized carbons (Fsp3) is 0.517. The molecular weight excluding hydrogens is 531 g/mol. The van der Waals surface area contributed by atoms with Crippen LogP contribution in [-0.4, -0.2) is 60.8 Å². The van der Waals surface area contributed by atoms with Gasteiger partial charge in [-0.1, -0.05) is 51.2 Å². The van der Waals surface area contributed by atoms with Crippen molar-refractivity contribution in [1.29, 1.82) is 0 Å². The Balaban J connectivity index is 1.93. The predicted octanol–water partition coefficient (Wildman–Crippen LogP) is 6.86. The molecule has 1 N–H and O–H groups in total. The third kappa shape index (κ3) is 13.1. The first-order valence-corrected chi connectivity index (χ1v) is 13.5. The van der Waals surface area contributed by atoms with Crippen molar-refractivity contribution in [1.82, 2.24) is 4.90 Å². The second-order valence-corrected chi connectivity index (χ2v) is 9.12. The molecular formula is C29H38F3NO7. The van der Waals surface area contributed by atoms with E-state index in [9.17, 15) is 27.9 Å². The quantitative estimate of drug-likeness (QED) is 0.196. The van der Waals surface area contributed by atoms with Crippen LogP contribution in [0, 0.1) is 0 Å². The third-order valence-corrected chi connectivity index (χ3v) is 5.92. The number of aliphatic carboxylic acids is 1. The van der Waals surface area contributed by atoms with Crippen LogP contribution in [-0.2, 0) is 16.0 Å². The van der Waals surface area contributed by atoms with Gasteiger partial charge in [-0.2, -0.15) is 0 Å². The largest absolute Gasteiger partial charge is 0.573 e. The van der Waals surface area contributed by atoms with Crippen molar-refractivity contribution >= 4 is 12.1 Å².